The Hall–Kier alpha value is -3.56. The predicted molar refractivity (Wildman–Crippen MR) is 132 cm³/mol. The Morgan fingerprint density at radius 3 is 2.67 bits per heavy atom. The van der Waals surface area contributed by atoms with Gasteiger partial charge in [-0.15, -0.1) is 11.3 Å². The summed E-state index contributed by atoms with van der Waals surface area (Å²) in [5.74, 6) is 0.886. The number of nitrogens with two attached hydrogens (primary N) is 1. The first-order valence-corrected chi connectivity index (χ1v) is 12.3. The summed E-state index contributed by atoms with van der Waals surface area (Å²) < 4.78 is 5.20. The minimum absolute atomic E-state index is 0.221. The number of hydrogen-bond donors (Lipinski definition) is 2. The maximum absolute atomic E-state index is 12.5. The molecule has 0 radical (unpaired) electrons. The number of carbonyl (C=O) groups excluding carboxylic acids is 1. The molecule has 3 N–H and O–H groups in total. The summed E-state index contributed by atoms with van der Waals surface area (Å²) in [6.45, 7) is 0. The van der Waals surface area contributed by atoms with Crippen LogP contribution >= 0.6 is 22.7 Å². The highest BCUT2D eigenvalue weighted by Gasteiger charge is 2.24. The number of aryl methyl sites for hydroxylation is 2. The van der Waals surface area contributed by atoms with E-state index in [2.05, 4.69) is 5.32 Å². The van der Waals surface area contributed by atoms with Gasteiger partial charge in [0.2, 0.25) is 0 Å². The number of thiophene rings is 1. The van der Waals surface area contributed by atoms with Crippen molar-refractivity contribution in [1.29, 1.82) is 0 Å². The third kappa shape index (κ3) is 3.59. The lowest BCUT2D eigenvalue weighted by atomic mass is 9.97. The molecule has 0 unspecified atom stereocenters. The lowest BCUT2D eigenvalue weighted by Gasteiger charge is -2.10. The summed E-state index contributed by atoms with van der Waals surface area (Å²) >= 11 is 3.04. The molecule has 7 nitrogen and oxygen atoms in total. The summed E-state index contributed by atoms with van der Waals surface area (Å²) in [5, 5.41) is 4.27. The summed E-state index contributed by atoms with van der Waals surface area (Å²) in [6, 6.07) is 13.1. The first kappa shape index (κ1) is 20.1. The van der Waals surface area contributed by atoms with Gasteiger partial charge < -0.3 is 10.2 Å². The fourth-order valence-corrected chi connectivity index (χ4v) is 6.36. The minimum Gasteiger partial charge on any atom is -0.459 e. The van der Waals surface area contributed by atoms with Crippen molar-refractivity contribution in [3.8, 4) is 22.0 Å². The minimum atomic E-state index is -0.360. The second-order valence-corrected chi connectivity index (χ2v) is 9.90. The molecule has 0 saturated heterocycles. The lowest BCUT2D eigenvalue weighted by Crippen LogP contribution is -2.10. The number of nitrogens with zero attached hydrogens (tertiary/aromatic N) is 3. The van der Waals surface area contributed by atoms with E-state index in [0.29, 0.717) is 22.5 Å². The van der Waals surface area contributed by atoms with Crippen LogP contribution in [0.5, 0.6) is 0 Å². The molecule has 0 bridgehead atoms. The van der Waals surface area contributed by atoms with E-state index in [4.69, 9.17) is 25.1 Å². The Morgan fingerprint density at radius 1 is 1.00 bits per heavy atom. The van der Waals surface area contributed by atoms with Crippen LogP contribution in [0.4, 0.5) is 10.9 Å². The fraction of sp³-hybridized carbons (Fsp3) is 0.167. The Morgan fingerprint density at radius 2 is 1.85 bits per heavy atom. The normalized spacial score (nSPS) is 13.2. The number of carbonyl (C=O) groups is 1. The summed E-state index contributed by atoms with van der Waals surface area (Å²) in [7, 11) is 0. The molecule has 1 aromatic carbocycles. The fourth-order valence-electron chi connectivity index (χ4n) is 4.17. The average Bonchev–Trinajstić information content (AvgIpc) is 3.57. The number of benzene rings is 1. The molecule has 4 aromatic heterocycles. The number of fused-ring (bicyclic) bond motifs is 3. The number of nitrogens with one attached hydrogen (secondary N) is 1. The van der Waals surface area contributed by atoms with E-state index in [-0.39, 0.29) is 11.7 Å². The zero-order valence-electron chi connectivity index (χ0n) is 17.5. The average molecular weight is 474 g/mol. The number of rotatable bonds is 4. The standard InChI is InChI=1S/C24H19N5O2S2/c25-20-17-14-9-4-5-11-16(14)32-23(17)28-21(27-20)19-18(13-7-2-1-3-8-13)26-24(33-19)29-22(30)15-10-6-12-31-15/h1-3,6-8,10,12H,4-5,9,11H2,(H2,25,27,28)(H,26,29,30). The molecule has 6 rings (SSSR count). The van der Waals surface area contributed by atoms with Gasteiger partial charge in [-0.2, -0.15) is 0 Å². The molecular weight excluding hydrogens is 454 g/mol. The number of thiazole rings is 1. The van der Waals surface area contributed by atoms with Crippen LogP contribution in [0.3, 0.4) is 0 Å². The van der Waals surface area contributed by atoms with Crippen LogP contribution in [0, 0.1) is 0 Å². The van der Waals surface area contributed by atoms with E-state index < -0.39 is 0 Å². The van der Waals surface area contributed by atoms with Crippen LogP contribution in [-0.4, -0.2) is 20.9 Å². The van der Waals surface area contributed by atoms with Crippen LogP contribution in [0.1, 0.15) is 33.8 Å². The number of amides is 1. The Labute approximate surface area is 197 Å². The molecule has 1 amide bonds. The second kappa shape index (κ2) is 8.09. The van der Waals surface area contributed by atoms with Crippen molar-refractivity contribution >= 4 is 49.7 Å². The number of anilines is 2. The SMILES string of the molecule is Nc1nc(-c2sc(NC(=O)c3ccco3)nc2-c2ccccc2)nc2sc3c(c12)CCCC3. The maximum Gasteiger partial charge on any atom is 0.293 e. The van der Waals surface area contributed by atoms with Gasteiger partial charge in [-0.1, -0.05) is 41.7 Å². The zero-order chi connectivity index (χ0) is 22.4. The van der Waals surface area contributed by atoms with Gasteiger partial charge in [0.25, 0.3) is 5.91 Å². The second-order valence-electron chi connectivity index (χ2n) is 7.82. The van der Waals surface area contributed by atoms with Gasteiger partial charge in [-0.3, -0.25) is 10.1 Å². The van der Waals surface area contributed by atoms with E-state index in [9.17, 15) is 4.79 Å². The third-order valence-electron chi connectivity index (χ3n) is 5.69. The van der Waals surface area contributed by atoms with Gasteiger partial charge in [-0.05, 0) is 43.4 Å². The molecule has 0 spiro atoms. The lowest BCUT2D eigenvalue weighted by molar-refractivity contribution is 0.0996. The zero-order valence-corrected chi connectivity index (χ0v) is 19.1. The summed E-state index contributed by atoms with van der Waals surface area (Å²) in [4.78, 5) is 29.9. The van der Waals surface area contributed by atoms with Gasteiger partial charge >= 0.3 is 0 Å². The molecule has 1 aliphatic carbocycles. The highest BCUT2D eigenvalue weighted by Crippen LogP contribution is 2.42. The smallest absolute Gasteiger partial charge is 0.293 e. The summed E-state index contributed by atoms with van der Waals surface area (Å²) in [5.41, 5.74) is 9.39. The number of nitrogen functional groups attached to an aromatic ring is 1. The highest BCUT2D eigenvalue weighted by molar-refractivity contribution is 7.20. The van der Waals surface area contributed by atoms with Crippen molar-refractivity contribution in [3.05, 3.63) is 64.9 Å². The van der Waals surface area contributed by atoms with Crippen LogP contribution in [0.15, 0.2) is 53.1 Å². The van der Waals surface area contributed by atoms with Crippen LogP contribution in [0.2, 0.25) is 0 Å². The first-order valence-electron chi connectivity index (χ1n) is 10.7. The van der Waals surface area contributed by atoms with E-state index in [1.807, 2.05) is 30.3 Å². The molecule has 9 heteroatoms. The van der Waals surface area contributed by atoms with Crippen molar-refractivity contribution in [2.75, 3.05) is 11.1 Å². The van der Waals surface area contributed by atoms with Crippen LogP contribution < -0.4 is 11.1 Å². The van der Waals surface area contributed by atoms with Crippen molar-refractivity contribution in [2.45, 2.75) is 25.7 Å². The monoisotopic (exact) mass is 473 g/mol. The molecule has 5 aromatic rings. The molecule has 164 valence electrons. The Balaban J connectivity index is 1.47. The van der Waals surface area contributed by atoms with Crippen molar-refractivity contribution in [1.82, 2.24) is 15.0 Å². The van der Waals surface area contributed by atoms with Gasteiger partial charge in [0.1, 0.15) is 15.5 Å². The van der Waals surface area contributed by atoms with Crippen molar-refractivity contribution in [3.63, 3.8) is 0 Å². The molecule has 0 saturated carbocycles. The molecule has 33 heavy (non-hydrogen) atoms. The maximum atomic E-state index is 12.5. The van der Waals surface area contributed by atoms with E-state index in [0.717, 1.165) is 33.5 Å². The predicted octanol–water partition coefficient (Wildman–Crippen LogP) is 5.79. The van der Waals surface area contributed by atoms with Crippen LogP contribution in [-0.2, 0) is 12.8 Å². The highest BCUT2D eigenvalue weighted by atomic mass is 32.1. The number of furan rings is 1. The van der Waals surface area contributed by atoms with Crippen molar-refractivity contribution in [2.24, 2.45) is 0 Å². The van der Waals surface area contributed by atoms with E-state index >= 15 is 0 Å². The largest absolute Gasteiger partial charge is 0.459 e. The third-order valence-corrected chi connectivity index (χ3v) is 7.84. The molecule has 0 fully saturated rings. The molecule has 4 heterocycles. The van der Waals surface area contributed by atoms with Gasteiger partial charge in [0, 0.05) is 10.4 Å². The van der Waals surface area contributed by atoms with Crippen molar-refractivity contribution < 1.29 is 9.21 Å². The molecule has 0 atom stereocenters. The van der Waals surface area contributed by atoms with Gasteiger partial charge in [-0.25, -0.2) is 15.0 Å². The molecule has 1 aliphatic rings. The Bertz CT molecular complexity index is 1470. The van der Waals surface area contributed by atoms with E-state index in [1.165, 1.54) is 40.9 Å². The topological polar surface area (TPSA) is 107 Å². The van der Waals surface area contributed by atoms with Gasteiger partial charge in [0.05, 0.1) is 17.3 Å². The molecule has 0 aliphatic heterocycles. The Kier molecular flexibility index (Phi) is 4.92. The van der Waals surface area contributed by atoms with Crippen LogP contribution in [0.25, 0.3) is 32.2 Å². The van der Waals surface area contributed by atoms with Gasteiger partial charge in [0.15, 0.2) is 16.7 Å². The van der Waals surface area contributed by atoms with E-state index in [1.54, 1.807) is 23.5 Å². The number of hydrogen-bond acceptors (Lipinski definition) is 8. The summed E-state index contributed by atoms with van der Waals surface area (Å²) in [6.07, 6.45) is 5.94. The first-order chi connectivity index (χ1) is 16.2. The number of aromatic nitrogens is 3. The molecular formula is C24H19N5O2S2. The quantitative estimate of drug-likeness (QED) is 0.342.